The van der Waals surface area contributed by atoms with Crippen molar-refractivity contribution in [2.45, 2.75) is 19.8 Å². The lowest BCUT2D eigenvalue weighted by atomic mass is 9.94. The van der Waals surface area contributed by atoms with Crippen molar-refractivity contribution in [3.8, 4) is 0 Å². The maximum atomic E-state index is 10.9. The van der Waals surface area contributed by atoms with Crippen LogP contribution in [0.2, 0.25) is 0 Å². The lowest BCUT2D eigenvalue weighted by molar-refractivity contribution is 0.111. The number of aromatic nitrogens is 1. The normalized spacial score (nSPS) is 17.6. The van der Waals surface area contributed by atoms with Gasteiger partial charge in [0.05, 0.1) is 11.4 Å². The molecule has 0 spiro atoms. The van der Waals surface area contributed by atoms with Crippen molar-refractivity contribution in [1.29, 1.82) is 0 Å². The second-order valence-corrected chi connectivity index (χ2v) is 5.50. The highest BCUT2D eigenvalue weighted by Crippen LogP contribution is 2.39. The number of fused-ring (bicyclic) bond motifs is 1. The number of H-pyrrole nitrogens is 1. The van der Waals surface area contributed by atoms with Crippen molar-refractivity contribution in [1.82, 2.24) is 4.98 Å². The Balaban J connectivity index is 2.08. The van der Waals surface area contributed by atoms with E-state index in [-0.39, 0.29) is 0 Å². The highest BCUT2D eigenvalue weighted by Gasteiger charge is 2.30. The Morgan fingerprint density at radius 1 is 1.21 bits per heavy atom. The van der Waals surface area contributed by atoms with Crippen LogP contribution in [0.15, 0.2) is 24.3 Å². The molecule has 0 saturated carbocycles. The molecular weight excluding hydrogens is 236 g/mol. The van der Waals surface area contributed by atoms with E-state index in [2.05, 4.69) is 49.0 Å². The van der Waals surface area contributed by atoms with Gasteiger partial charge in [0.1, 0.15) is 0 Å². The van der Waals surface area contributed by atoms with E-state index >= 15 is 0 Å². The minimum Gasteiger partial charge on any atom is -0.372 e. The van der Waals surface area contributed by atoms with Crippen LogP contribution in [0.1, 0.15) is 38.8 Å². The Morgan fingerprint density at radius 2 is 1.89 bits per heavy atom. The molecule has 0 bridgehead atoms. The quantitative estimate of drug-likeness (QED) is 0.836. The van der Waals surface area contributed by atoms with E-state index < -0.39 is 0 Å². The summed E-state index contributed by atoms with van der Waals surface area (Å²) in [6, 6.07) is 8.60. The molecule has 0 saturated heterocycles. The molecule has 0 radical (unpaired) electrons. The topological polar surface area (TPSA) is 36.1 Å². The summed E-state index contributed by atoms with van der Waals surface area (Å²) < 4.78 is 0. The van der Waals surface area contributed by atoms with Crippen molar-refractivity contribution in [3.05, 3.63) is 52.3 Å². The Hall–Kier alpha value is -2.03. The van der Waals surface area contributed by atoms with Gasteiger partial charge < -0.3 is 9.88 Å². The molecule has 1 N–H and O–H groups in total. The molecule has 3 nitrogen and oxygen atoms in total. The zero-order valence-electron chi connectivity index (χ0n) is 11.5. The van der Waals surface area contributed by atoms with Gasteiger partial charge in [-0.05, 0) is 25.5 Å². The maximum Gasteiger partial charge on any atom is 0.166 e. The summed E-state index contributed by atoms with van der Waals surface area (Å²) in [5.41, 5.74) is 6.86. The molecule has 2 heterocycles. The first kappa shape index (κ1) is 12.0. The van der Waals surface area contributed by atoms with E-state index in [0.717, 1.165) is 24.2 Å². The van der Waals surface area contributed by atoms with Gasteiger partial charge in [-0.15, -0.1) is 0 Å². The number of likely N-dealkylation sites (N-methyl/N-ethyl adjacent to an activating group) is 1. The molecule has 1 aliphatic rings. The van der Waals surface area contributed by atoms with Gasteiger partial charge in [0.15, 0.2) is 6.29 Å². The maximum absolute atomic E-state index is 10.9. The predicted molar refractivity (Wildman–Crippen MR) is 77.2 cm³/mol. The number of aryl methyl sites for hydroxylation is 2. The lowest BCUT2D eigenvalue weighted by Crippen LogP contribution is -2.16. The Morgan fingerprint density at radius 3 is 2.53 bits per heavy atom. The number of aromatic amines is 1. The number of rotatable bonds is 2. The number of carbonyl (C=O) groups excluding carboxylic acids is 1. The first-order valence-electron chi connectivity index (χ1n) is 6.56. The molecule has 2 aromatic rings. The summed E-state index contributed by atoms with van der Waals surface area (Å²) in [5, 5.41) is 0. The second-order valence-electron chi connectivity index (χ2n) is 5.50. The van der Waals surface area contributed by atoms with Crippen LogP contribution in [0.3, 0.4) is 0 Å². The first-order valence-corrected chi connectivity index (χ1v) is 6.56. The van der Waals surface area contributed by atoms with E-state index in [0.29, 0.717) is 11.6 Å². The SMILES string of the molecule is Cc1cc(C)cc(C2CN(C)c3cc(C=O)[nH]c32)c1. The summed E-state index contributed by atoms with van der Waals surface area (Å²) in [7, 11) is 2.07. The number of hydrogen-bond donors (Lipinski definition) is 1. The number of hydrogen-bond acceptors (Lipinski definition) is 2. The van der Waals surface area contributed by atoms with Crippen molar-refractivity contribution in [2.75, 3.05) is 18.5 Å². The van der Waals surface area contributed by atoms with Crippen LogP contribution in [0.5, 0.6) is 0 Å². The van der Waals surface area contributed by atoms with Crippen molar-refractivity contribution >= 4 is 12.0 Å². The fraction of sp³-hybridized carbons (Fsp3) is 0.312. The summed E-state index contributed by atoms with van der Waals surface area (Å²) in [5.74, 6) is 0.326. The van der Waals surface area contributed by atoms with Gasteiger partial charge in [0.2, 0.25) is 0 Å². The molecule has 0 aliphatic carbocycles. The van der Waals surface area contributed by atoms with Crippen molar-refractivity contribution < 1.29 is 4.79 Å². The minimum atomic E-state index is 0.326. The minimum absolute atomic E-state index is 0.326. The Labute approximate surface area is 113 Å². The third-order valence-electron chi connectivity index (χ3n) is 3.84. The summed E-state index contributed by atoms with van der Waals surface area (Å²) in [6.07, 6.45) is 0.880. The van der Waals surface area contributed by atoms with Crippen LogP contribution < -0.4 is 4.90 Å². The summed E-state index contributed by atoms with van der Waals surface area (Å²) >= 11 is 0. The number of aldehydes is 1. The lowest BCUT2D eigenvalue weighted by Gasteiger charge is -2.15. The van der Waals surface area contributed by atoms with E-state index in [1.54, 1.807) is 0 Å². The van der Waals surface area contributed by atoms with Crippen LogP contribution in [0.4, 0.5) is 5.69 Å². The average molecular weight is 254 g/mol. The van der Waals surface area contributed by atoms with Crippen LogP contribution in [0.25, 0.3) is 0 Å². The fourth-order valence-corrected chi connectivity index (χ4v) is 3.07. The van der Waals surface area contributed by atoms with Crippen LogP contribution in [0, 0.1) is 13.8 Å². The van der Waals surface area contributed by atoms with Crippen molar-refractivity contribution in [3.63, 3.8) is 0 Å². The standard InChI is InChI=1S/C16H18N2O/c1-10-4-11(2)6-12(5-10)14-8-18(3)15-7-13(9-19)17-16(14)15/h4-7,9,14,17H,8H2,1-3H3. The largest absolute Gasteiger partial charge is 0.372 e. The highest BCUT2D eigenvalue weighted by molar-refractivity contribution is 5.77. The van der Waals surface area contributed by atoms with E-state index in [4.69, 9.17) is 0 Å². The molecule has 1 aromatic carbocycles. The van der Waals surface area contributed by atoms with Gasteiger partial charge in [0, 0.05) is 25.2 Å². The molecule has 0 amide bonds. The molecule has 1 unspecified atom stereocenters. The Kier molecular flexibility index (Phi) is 2.70. The molecule has 19 heavy (non-hydrogen) atoms. The van der Waals surface area contributed by atoms with Gasteiger partial charge in [-0.3, -0.25) is 4.79 Å². The van der Waals surface area contributed by atoms with Gasteiger partial charge in [-0.1, -0.05) is 29.3 Å². The number of nitrogens with one attached hydrogen (secondary N) is 1. The molecule has 3 heteroatoms. The number of benzene rings is 1. The molecule has 98 valence electrons. The number of nitrogens with zero attached hydrogens (tertiary/aromatic N) is 1. The van der Waals surface area contributed by atoms with Crippen LogP contribution >= 0.6 is 0 Å². The number of carbonyl (C=O) groups is 1. The zero-order chi connectivity index (χ0) is 13.6. The summed E-state index contributed by atoms with van der Waals surface area (Å²) in [4.78, 5) is 16.4. The monoisotopic (exact) mass is 254 g/mol. The zero-order valence-corrected chi connectivity index (χ0v) is 11.5. The molecular formula is C16H18N2O. The van der Waals surface area contributed by atoms with Gasteiger partial charge >= 0.3 is 0 Å². The number of anilines is 1. The van der Waals surface area contributed by atoms with Crippen molar-refractivity contribution in [2.24, 2.45) is 0 Å². The fourth-order valence-electron chi connectivity index (χ4n) is 3.07. The average Bonchev–Trinajstić information content (AvgIpc) is 2.89. The molecule has 1 atom stereocenters. The third kappa shape index (κ3) is 1.95. The Bertz CT molecular complexity index is 622. The third-order valence-corrected chi connectivity index (χ3v) is 3.84. The van der Waals surface area contributed by atoms with E-state index in [1.165, 1.54) is 16.7 Å². The molecule has 3 rings (SSSR count). The van der Waals surface area contributed by atoms with Crippen LogP contribution in [-0.2, 0) is 0 Å². The second kappa shape index (κ2) is 4.26. The predicted octanol–water partition coefficient (Wildman–Crippen LogP) is 3.03. The molecule has 1 aliphatic heterocycles. The smallest absolute Gasteiger partial charge is 0.166 e. The van der Waals surface area contributed by atoms with Crippen LogP contribution in [-0.4, -0.2) is 24.9 Å². The van der Waals surface area contributed by atoms with E-state index in [9.17, 15) is 4.79 Å². The first-order chi connectivity index (χ1) is 9.08. The van der Waals surface area contributed by atoms with E-state index in [1.807, 2.05) is 6.07 Å². The van der Waals surface area contributed by atoms with Gasteiger partial charge in [-0.25, -0.2) is 0 Å². The molecule has 0 fully saturated rings. The highest BCUT2D eigenvalue weighted by atomic mass is 16.1. The van der Waals surface area contributed by atoms with Gasteiger partial charge in [0.25, 0.3) is 0 Å². The molecule has 1 aromatic heterocycles. The summed E-state index contributed by atoms with van der Waals surface area (Å²) in [6.45, 7) is 5.21. The van der Waals surface area contributed by atoms with Gasteiger partial charge in [-0.2, -0.15) is 0 Å².